The molecule has 1 N–H and O–H groups in total. The Balaban J connectivity index is 2.84. The van der Waals surface area contributed by atoms with Crippen LogP contribution in [0.15, 0.2) is 36.9 Å². The summed E-state index contributed by atoms with van der Waals surface area (Å²) in [5.41, 5.74) is 0.554. The summed E-state index contributed by atoms with van der Waals surface area (Å²) in [5, 5.41) is 2.83. The van der Waals surface area contributed by atoms with Gasteiger partial charge in [0.2, 0.25) is 0 Å². The van der Waals surface area contributed by atoms with E-state index in [0.29, 0.717) is 17.9 Å². The van der Waals surface area contributed by atoms with Crippen molar-refractivity contribution in [3.63, 3.8) is 0 Å². The van der Waals surface area contributed by atoms with E-state index in [1.807, 2.05) is 26.0 Å². The number of carbonyl (C=O) groups excluding carboxylic acids is 1. The molecule has 0 atom stereocenters. The van der Waals surface area contributed by atoms with Crippen molar-refractivity contribution < 1.29 is 9.53 Å². The van der Waals surface area contributed by atoms with Crippen LogP contribution in [0.2, 0.25) is 0 Å². The van der Waals surface area contributed by atoms with Crippen LogP contribution in [0.25, 0.3) is 0 Å². The zero-order chi connectivity index (χ0) is 12.0. The highest BCUT2D eigenvalue weighted by Crippen LogP contribution is 2.17. The highest BCUT2D eigenvalue weighted by molar-refractivity contribution is 5.97. The first-order chi connectivity index (χ1) is 7.65. The molecule has 16 heavy (non-hydrogen) atoms. The second-order valence-corrected chi connectivity index (χ2v) is 3.72. The van der Waals surface area contributed by atoms with Crippen LogP contribution in [0, 0.1) is 0 Å². The Hall–Kier alpha value is -1.77. The van der Waals surface area contributed by atoms with Gasteiger partial charge in [-0.2, -0.15) is 0 Å². The average molecular weight is 219 g/mol. The number of hydrogen-bond acceptors (Lipinski definition) is 2. The van der Waals surface area contributed by atoms with Gasteiger partial charge in [-0.25, -0.2) is 0 Å². The summed E-state index contributed by atoms with van der Waals surface area (Å²) in [6, 6.07) is 7.29. The molecule has 3 nitrogen and oxygen atoms in total. The maximum absolute atomic E-state index is 11.8. The van der Waals surface area contributed by atoms with Crippen molar-refractivity contribution in [3.05, 3.63) is 42.5 Å². The molecule has 1 aromatic rings. The number of rotatable bonds is 5. The zero-order valence-electron chi connectivity index (χ0n) is 9.69. The number of nitrogens with one attached hydrogen (secondary N) is 1. The lowest BCUT2D eigenvalue weighted by Gasteiger charge is -2.12. The summed E-state index contributed by atoms with van der Waals surface area (Å²) >= 11 is 0. The maximum Gasteiger partial charge on any atom is 0.255 e. The summed E-state index contributed by atoms with van der Waals surface area (Å²) in [4.78, 5) is 11.8. The summed E-state index contributed by atoms with van der Waals surface area (Å²) in [5.74, 6) is 0.468. The molecule has 0 bridgehead atoms. The fourth-order valence-corrected chi connectivity index (χ4v) is 1.27. The molecule has 0 spiro atoms. The number of amides is 1. The van der Waals surface area contributed by atoms with Gasteiger partial charge in [-0.05, 0) is 26.0 Å². The first kappa shape index (κ1) is 12.3. The Morgan fingerprint density at radius 3 is 2.81 bits per heavy atom. The Labute approximate surface area is 96.1 Å². The third-order valence-electron chi connectivity index (χ3n) is 1.91. The molecule has 0 aliphatic carbocycles. The Morgan fingerprint density at radius 2 is 2.19 bits per heavy atom. The van der Waals surface area contributed by atoms with Crippen LogP contribution in [0.4, 0.5) is 0 Å². The second kappa shape index (κ2) is 5.95. The van der Waals surface area contributed by atoms with E-state index in [2.05, 4.69) is 11.9 Å². The van der Waals surface area contributed by atoms with Gasteiger partial charge < -0.3 is 10.1 Å². The van der Waals surface area contributed by atoms with Crippen molar-refractivity contribution in [2.24, 2.45) is 0 Å². The third kappa shape index (κ3) is 3.42. The number of para-hydroxylation sites is 1. The van der Waals surface area contributed by atoms with Gasteiger partial charge in [-0.3, -0.25) is 4.79 Å². The van der Waals surface area contributed by atoms with Crippen molar-refractivity contribution in [2.75, 3.05) is 6.61 Å². The summed E-state index contributed by atoms with van der Waals surface area (Å²) < 4.78 is 5.41. The average Bonchev–Trinajstić information content (AvgIpc) is 2.25. The van der Waals surface area contributed by atoms with Crippen LogP contribution >= 0.6 is 0 Å². The predicted molar refractivity (Wildman–Crippen MR) is 64.7 cm³/mol. The SMILES string of the molecule is C=CCOc1ccccc1C(=O)NC(C)C. The molecule has 1 aromatic carbocycles. The van der Waals surface area contributed by atoms with Crippen molar-refractivity contribution in [1.29, 1.82) is 0 Å². The molecule has 0 aromatic heterocycles. The van der Waals surface area contributed by atoms with Crippen LogP contribution in [-0.4, -0.2) is 18.6 Å². The van der Waals surface area contributed by atoms with E-state index in [1.165, 1.54) is 0 Å². The number of ether oxygens (including phenoxy) is 1. The first-order valence-electron chi connectivity index (χ1n) is 5.28. The van der Waals surface area contributed by atoms with E-state index >= 15 is 0 Å². The van der Waals surface area contributed by atoms with Crippen LogP contribution in [0.3, 0.4) is 0 Å². The molecule has 1 rings (SSSR count). The number of carbonyl (C=O) groups is 1. The fourth-order valence-electron chi connectivity index (χ4n) is 1.27. The molecule has 0 unspecified atom stereocenters. The first-order valence-corrected chi connectivity index (χ1v) is 5.28. The molecule has 3 heteroatoms. The van der Waals surface area contributed by atoms with Crippen LogP contribution in [0.1, 0.15) is 24.2 Å². The molecule has 0 aliphatic rings. The van der Waals surface area contributed by atoms with Gasteiger partial charge in [0.1, 0.15) is 12.4 Å². The van der Waals surface area contributed by atoms with Gasteiger partial charge in [-0.1, -0.05) is 24.8 Å². The van der Waals surface area contributed by atoms with Crippen molar-refractivity contribution in [1.82, 2.24) is 5.32 Å². The van der Waals surface area contributed by atoms with Crippen molar-refractivity contribution in [3.8, 4) is 5.75 Å². The number of benzene rings is 1. The lowest BCUT2D eigenvalue weighted by atomic mass is 10.2. The molecule has 1 amide bonds. The normalized spacial score (nSPS) is 9.94. The molecular formula is C13H17NO2. The molecule has 0 heterocycles. The predicted octanol–water partition coefficient (Wildman–Crippen LogP) is 2.39. The second-order valence-electron chi connectivity index (χ2n) is 3.72. The highest BCUT2D eigenvalue weighted by atomic mass is 16.5. The van der Waals surface area contributed by atoms with Crippen LogP contribution in [0.5, 0.6) is 5.75 Å². The minimum atomic E-state index is -0.116. The van der Waals surface area contributed by atoms with E-state index in [9.17, 15) is 4.79 Å². The third-order valence-corrected chi connectivity index (χ3v) is 1.91. The molecule has 0 aliphatic heterocycles. The highest BCUT2D eigenvalue weighted by Gasteiger charge is 2.12. The van der Waals surface area contributed by atoms with Gasteiger partial charge in [0.05, 0.1) is 5.56 Å². The smallest absolute Gasteiger partial charge is 0.255 e. The molecule has 0 radical (unpaired) electrons. The van der Waals surface area contributed by atoms with E-state index in [-0.39, 0.29) is 11.9 Å². The summed E-state index contributed by atoms with van der Waals surface area (Å²) in [7, 11) is 0. The lowest BCUT2D eigenvalue weighted by molar-refractivity contribution is 0.0939. The largest absolute Gasteiger partial charge is 0.489 e. The maximum atomic E-state index is 11.8. The Morgan fingerprint density at radius 1 is 1.50 bits per heavy atom. The van der Waals surface area contributed by atoms with E-state index in [0.717, 1.165) is 0 Å². The quantitative estimate of drug-likeness (QED) is 0.772. The van der Waals surface area contributed by atoms with Crippen LogP contribution in [-0.2, 0) is 0 Å². The standard InChI is InChI=1S/C13H17NO2/c1-4-9-16-12-8-6-5-7-11(12)13(15)14-10(2)3/h4-8,10H,1,9H2,2-3H3,(H,14,15). The fraction of sp³-hybridized carbons (Fsp3) is 0.308. The van der Waals surface area contributed by atoms with Gasteiger partial charge in [-0.15, -0.1) is 0 Å². The van der Waals surface area contributed by atoms with Crippen molar-refractivity contribution in [2.45, 2.75) is 19.9 Å². The molecule has 86 valence electrons. The van der Waals surface area contributed by atoms with Gasteiger partial charge in [0.25, 0.3) is 5.91 Å². The Bertz CT molecular complexity index is 372. The molecule has 0 fully saturated rings. The minimum Gasteiger partial charge on any atom is -0.489 e. The van der Waals surface area contributed by atoms with E-state index in [4.69, 9.17) is 4.74 Å². The van der Waals surface area contributed by atoms with E-state index in [1.54, 1.807) is 18.2 Å². The van der Waals surface area contributed by atoms with Crippen LogP contribution < -0.4 is 10.1 Å². The van der Waals surface area contributed by atoms with Crippen molar-refractivity contribution >= 4 is 5.91 Å². The van der Waals surface area contributed by atoms with Gasteiger partial charge in [0, 0.05) is 6.04 Å². The zero-order valence-corrected chi connectivity index (χ0v) is 9.69. The summed E-state index contributed by atoms with van der Waals surface area (Å²) in [6.45, 7) is 7.81. The summed E-state index contributed by atoms with van der Waals surface area (Å²) in [6.07, 6.45) is 1.65. The topological polar surface area (TPSA) is 38.3 Å². The lowest BCUT2D eigenvalue weighted by Crippen LogP contribution is -2.30. The molecule has 0 saturated heterocycles. The van der Waals surface area contributed by atoms with E-state index < -0.39 is 0 Å². The molecule has 0 saturated carbocycles. The number of hydrogen-bond donors (Lipinski definition) is 1. The monoisotopic (exact) mass is 219 g/mol. The minimum absolute atomic E-state index is 0.111. The Kier molecular flexibility index (Phi) is 4.58. The van der Waals surface area contributed by atoms with Gasteiger partial charge >= 0.3 is 0 Å². The van der Waals surface area contributed by atoms with Gasteiger partial charge in [0.15, 0.2) is 0 Å². The molecular weight excluding hydrogens is 202 g/mol.